The Labute approximate surface area is 171 Å². The van der Waals surface area contributed by atoms with E-state index in [0.29, 0.717) is 11.1 Å². The largest absolute Gasteiger partial charge is 0.236 e. The zero-order valence-electron chi connectivity index (χ0n) is 15.7. The van der Waals surface area contributed by atoms with Crippen LogP contribution in [0.25, 0.3) is 6.08 Å². The second kappa shape index (κ2) is 8.88. The van der Waals surface area contributed by atoms with Gasteiger partial charge in [0.1, 0.15) is 0 Å². The lowest BCUT2D eigenvalue weighted by Crippen LogP contribution is -2.50. The van der Waals surface area contributed by atoms with E-state index in [1.54, 1.807) is 36.4 Å². The van der Waals surface area contributed by atoms with Crippen molar-refractivity contribution in [3.8, 4) is 6.07 Å². The zero-order valence-corrected chi connectivity index (χ0v) is 17.3. The van der Waals surface area contributed by atoms with Gasteiger partial charge in [0.15, 0.2) is 0 Å². The minimum atomic E-state index is -3.65. The summed E-state index contributed by atoms with van der Waals surface area (Å²) in [6.07, 6.45) is 1.53. The SMILES string of the molecule is N#Cc1ccccc1CS(=O)(=O)N1CCN(S(=O)(=O)/C=C/c2ccccc2)CC1. The van der Waals surface area contributed by atoms with Crippen molar-refractivity contribution in [2.75, 3.05) is 26.2 Å². The van der Waals surface area contributed by atoms with E-state index in [0.717, 1.165) is 11.0 Å². The molecule has 9 heteroatoms. The van der Waals surface area contributed by atoms with E-state index < -0.39 is 20.0 Å². The van der Waals surface area contributed by atoms with Gasteiger partial charge in [-0.05, 0) is 23.3 Å². The van der Waals surface area contributed by atoms with E-state index in [1.165, 1.54) is 14.7 Å². The van der Waals surface area contributed by atoms with Crippen molar-refractivity contribution in [3.05, 3.63) is 76.7 Å². The Kier molecular flexibility index (Phi) is 6.49. The molecule has 0 unspecified atom stereocenters. The fourth-order valence-electron chi connectivity index (χ4n) is 3.06. The number of hydrogen-bond acceptors (Lipinski definition) is 5. The number of sulfonamides is 2. The van der Waals surface area contributed by atoms with Gasteiger partial charge in [-0.2, -0.15) is 13.9 Å². The Hall–Kier alpha value is -2.51. The first kappa shape index (κ1) is 21.2. The third-order valence-corrected chi connectivity index (χ3v) is 8.05. The quantitative estimate of drug-likeness (QED) is 0.697. The molecule has 0 radical (unpaired) electrons. The Balaban J connectivity index is 1.65. The molecule has 2 aromatic carbocycles. The van der Waals surface area contributed by atoms with Gasteiger partial charge < -0.3 is 0 Å². The van der Waals surface area contributed by atoms with Gasteiger partial charge in [0.2, 0.25) is 20.0 Å². The van der Waals surface area contributed by atoms with Gasteiger partial charge in [-0.1, -0.05) is 48.5 Å². The first-order valence-electron chi connectivity index (χ1n) is 9.01. The highest BCUT2D eigenvalue weighted by atomic mass is 32.2. The van der Waals surface area contributed by atoms with E-state index in [9.17, 15) is 16.8 Å². The van der Waals surface area contributed by atoms with Crippen molar-refractivity contribution >= 4 is 26.1 Å². The van der Waals surface area contributed by atoms with Gasteiger partial charge >= 0.3 is 0 Å². The van der Waals surface area contributed by atoms with Crippen LogP contribution < -0.4 is 0 Å². The molecule has 0 N–H and O–H groups in total. The molecule has 7 nitrogen and oxygen atoms in total. The van der Waals surface area contributed by atoms with Gasteiger partial charge in [-0.3, -0.25) is 0 Å². The van der Waals surface area contributed by atoms with E-state index >= 15 is 0 Å². The molecule has 1 fully saturated rings. The second-order valence-electron chi connectivity index (χ2n) is 6.58. The lowest BCUT2D eigenvalue weighted by Gasteiger charge is -2.32. The number of piperazine rings is 1. The molecule has 2 aromatic rings. The molecule has 0 amide bonds. The van der Waals surface area contributed by atoms with Crippen molar-refractivity contribution in [1.29, 1.82) is 5.26 Å². The van der Waals surface area contributed by atoms with Crippen molar-refractivity contribution in [2.24, 2.45) is 0 Å². The van der Waals surface area contributed by atoms with Crippen LogP contribution in [0.3, 0.4) is 0 Å². The number of nitrogens with zero attached hydrogens (tertiary/aromatic N) is 3. The Morgan fingerprint density at radius 3 is 2.10 bits per heavy atom. The number of benzene rings is 2. The standard InChI is InChI=1S/C20H21N3O4S2/c21-16-19-8-4-5-9-20(19)17-29(26,27)23-13-11-22(12-14-23)28(24,25)15-10-18-6-2-1-3-7-18/h1-10,15H,11-14,17H2/b15-10+. The highest BCUT2D eigenvalue weighted by Crippen LogP contribution is 2.18. The summed E-state index contributed by atoms with van der Waals surface area (Å²) in [6, 6.07) is 17.7. The average molecular weight is 432 g/mol. The van der Waals surface area contributed by atoms with Gasteiger partial charge in [0.05, 0.1) is 17.4 Å². The summed E-state index contributed by atoms with van der Waals surface area (Å²) in [5.41, 5.74) is 1.53. The smallest absolute Gasteiger partial charge is 0.212 e. The van der Waals surface area contributed by atoms with Gasteiger partial charge in [0, 0.05) is 31.6 Å². The lowest BCUT2D eigenvalue weighted by molar-refractivity contribution is 0.274. The minimum absolute atomic E-state index is 0.0788. The van der Waals surface area contributed by atoms with E-state index in [-0.39, 0.29) is 31.9 Å². The van der Waals surface area contributed by atoms with Crippen LogP contribution in [0.4, 0.5) is 0 Å². The first-order chi connectivity index (χ1) is 13.8. The lowest BCUT2D eigenvalue weighted by atomic mass is 10.1. The monoisotopic (exact) mass is 431 g/mol. The molecule has 0 spiro atoms. The molecule has 1 aliphatic heterocycles. The summed E-state index contributed by atoms with van der Waals surface area (Å²) in [5.74, 6) is -0.280. The Bertz CT molecular complexity index is 1130. The molecular formula is C20H21N3O4S2. The van der Waals surface area contributed by atoms with E-state index in [1.807, 2.05) is 24.3 Å². The maximum absolute atomic E-state index is 12.7. The Morgan fingerprint density at radius 2 is 1.45 bits per heavy atom. The fourth-order valence-corrected chi connectivity index (χ4v) is 5.78. The predicted octanol–water partition coefficient (Wildman–Crippen LogP) is 2.01. The molecule has 0 atom stereocenters. The molecule has 0 bridgehead atoms. The topological polar surface area (TPSA) is 98.5 Å². The molecule has 1 aliphatic rings. The third-order valence-electron chi connectivity index (χ3n) is 4.66. The first-order valence-corrected chi connectivity index (χ1v) is 12.1. The summed E-state index contributed by atoms with van der Waals surface area (Å²) in [4.78, 5) is 0. The van der Waals surface area contributed by atoms with E-state index in [4.69, 9.17) is 5.26 Å². The van der Waals surface area contributed by atoms with Crippen LogP contribution in [0, 0.1) is 11.3 Å². The average Bonchev–Trinajstić information content (AvgIpc) is 2.73. The highest BCUT2D eigenvalue weighted by Gasteiger charge is 2.31. The molecule has 1 heterocycles. The Morgan fingerprint density at radius 1 is 0.862 bits per heavy atom. The molecule has 0 aliphatic carbocycles. The minimum Gasteiger partial charge on any atom is -0.212 e. The van der Waals surface area contributed by atoms with E-state index in [2.05, 4.69) is 0 Å². The van der Waals surface area contributed by atoms with Crippen LogP contribution in [-0.2, 0) is 25.8 Å². The molecule has 0 aromatic heterocycles. The number of rotatable bonds is 6. The molecule has 152 valence electrons. The van der Waals surface area contributed by atoms with Crippen molar-refractivity contribution < 1.29 is 16.8 Å². The summed E-state index contributed by atoms with van der Waals surface area (Å²) in [6.45, 7) is 0.325. The molecule has 29 heavy (non-hydrogen) atoms. The van der Waals surface area contributed by atoms with Gasteiger partial charge in [-0.15, -0.1) is 0 Å². The fraction of sp³-hybridized carbons (Fsp3) is 0.250. The molecule has 3 rings (SSSR count). The second-order valence-corrected chi connectivity index (χ2v) is 10.4. The maximum atomic E-state index is 12.7. The van der Waals surface area contributed by atoms with Crippen LogP contribution >= 0.6 is 0 Å². The van der Waals surface area contributed by atoms with Crippen molar-refractivity contribution in [2.45, 2.75) is 5.75 Å². The summed E-state index contributed by atoms with van der Waals surface area (Å²) < 4.78 is 53.1. The highest BCUT2D eigenvalue weighted by molar-refractivity contribution is 7.92. The molecular weight excluding hydrogens is 410 g/mol. The van der Waals surface area contributed by atoms with Crippen LogP contribution in [0.1, 0.15) is 16.7 Å². The molecule has 1 saturated heterocycles. The van der Waals surface area contributed by atoms with Crippen LogP contribution in [0.5, 0.6) is 0 Å². The van der Waals surface area contributed by atoms with Gasteiger partial charge in [0.25, 0.3) is 0 Å². The van der Waals surface area contributed by atoms with Crippen molar-refractivity contribution in [1.82, 2.24) is 8.61 Å². The maximum Gasteiger partial charge on any atom is 0.236 e. The van der Waals surface area contributed by atoms with Crippen molar-refractivity contribution in [3.63, 3.8) is 0 Å². The van der Waals surface area contributed by atoms with Crippen LogP contribution in [0.2, 0.25) is 0 Å². The predicted molar refractivity (Wildman–Crippen MR) is 111 cm³/mol. The summed E-state index contributed by atoms with van der Waals surface area (Å²) in [5, 5.41) is 10.3. The normalized spacial score (nSPS) is 16.7. The number of nitriles is 1. The van der Waals surface area contributed by atoms with Gasteiger partial charge in [-0.25, -0.2) is 16.8 Å². The number of hydrogen-bond donors (Lipinski definition) is 0. The summed E-state index contributed by atoms with van der Waals surface area (Å²) >= 11 is 0. The molecule has 0 saturated carbocycles. The van der Waals surface area contributed by atoms with Crippen LogP contribution in [0.15, 0.2) is 60.0 Å². The zero-order chi connectivity index (χ0) is 20.9. The summed E-state index contributed by atoms with van der Waals surface area (Å²) in [7, 11) is -7.28. The third kappa shape index (κ3) is 5.31. The van der Waals surface area contributed by atoms with Crippen LogP contribution in [-0.4, -0.2) is 51.6 Å².